The maximum Gasteiger partial charge on any atom is 0.107 e. The van der Waals surface area contributed by atoms with Crippen LogP contribution in [0.15, 0.2) is 30.5 Å². The number of hydrogen-bond acceptors (Lipinski definition) is 3. The SMILES string of the molecule is Cc1ccc(-c2cnc(CNCC3CCCCC3)s2)cc1. The Labute approximate surface area is 131 Å². The number of benzene rings is 1. The predicted octanol–water partition coefficient (Wildman–Crippen LogP) is 4.79. The van der Waals surface area contributed by atoms with Gasteiger partial charge < -0.3 is 5.32 Å². The minimum atomic E-state index is 0.885. The van der Waals surface area contributed by atoms with Crippen molar-refractivity contribution in [2.45, 2.75) is 45.6 Å². The largest absolute Gasteiger partial charge is 0.310 e. The highest BCUT2D eigenvalue weighted by Gasteiger charge is 2.13. The zero-order valence-corrected chi connectivity index (χ0v) is 13.6. The second-order valence-electron chi connectivity index (χ2n) is 6.12. The topological polar surface area (TPSA) is 24.9 Å². The number of nitrogens with one attached hydrogen (secondary N) is 1. The van der Waals surface area contributed by atoms with E-state index in [1.54, 1.807) is 11.3 Å². The van der Waals surface area contributed by atoms with Crippen LogP contribution in [0.3, 0.4) is 0 Å². The Balaban J connectivity index is 1.51. The fraction of sp³-hybridized carbons (Fsp3) is 0.500. The van der Waals surface area contributed by atoms with Crippen molar-refractivity contribution in [1.29, 1.82) is 0 Å². The molecule has 1 saturated carbocycles. The van der Waals surface area contributed by atoms with Crippen LogP contribution in [0, 0.1) is 12.8 Å². The zero-order valence-electron chi connectivity index (χ0n) is 12.8. The van der Waals surface area contributed by atoms with Crippen LogP contribution >= 0.6 is 11.3 Å². The van der Waals surface area contributed by atoms with Crippen LogP contribution < -0.4 is 5.32 Å². The van der Waals surface area contributed by atoms with E-state index in [2.05, 4.69) is 41.5 Å². The summed E-state index contributed by atoms with van der Waals surface area (Å²) >= 11 is 1.80. The summed E-state index contributed by atoms with van der Waals surface area (Å²) in [6.45, 7) is 4.18. The molecule has 3 rings (SSSR count). The average molecular weight is 300 g/mol. The van der Waals surface area contributed by atoms with Crippen LogP contribution in [-0.2, 0) is 6.54 Å². The fourth-order valence-electron chi connectivity index (χ4n) is 3.02. The molecule has 1 fully saturated rings. The number of thiazole rings is 1. The van der Waals surface area contributed by atoms with Gasteiger partial charge in [0.2, 0.25) is 0 Å². The maximum atomic E-state index is 4.55. The van der Waals surface area contributed by atoms with E-state index in [0.29, 0.717) is 0 Å². The number of hydrogen-bond donors (Lipinski definition) is 1. The molecule has 0 radical (unpaired) electrons. The van der Waals surface area contributed by atoms with E-state index in [-0.39, 0.29) is 0 Å². The maximum absolute atomic E-state index is 4.55. The second kappa shape index (κ2) is 7.19. The lowest BCUT2D eigenvalue weighted by Gasteiger charge is -2.21. The lowest BCUT2D eigenvalue weighted by atomic mass is 9.89. The molecule has 1 aliphatic rings. The first-order valence-electron chi connectivity index (χ1n) is 8.04. The molecule has 0 bridgehead atoms. The molecule has 21 heavy (non-hydrogen) atoms. The third-order valence-corrected chi connectivity index (χ3v) is 5.37. The van der Waals surface area contributed by atoms with Gasteiger partial charge in [-0.05, 0) is 37.8 Å². The van der Waals surface area contributed by atoms with Gasteiger partial charge in [-0.2, -0.15) is 0 Å². The van der Waals surface area contributed by atoms with Crippen LogP contribution in [-0.4, -0.2) is 11.5 Å². The van der Waals surface area contributed by atoms with E-state index in [0.717, 1.165) is 19.0 Å². The van der Waals surface area contributed by atoms with Gasteiger partial charge in [0.1, 0.15) is 5.01 Å². The van der Waals surface area contributed by atoms with Gasteiger partial charge in [-0.15, -0.1) is 11.3 Å². The summed E-state index contributed by atoms with van der Waals surface area (Å²) in [4.78, 5) is 5.82. The molecule has 1 N–H and O–H groups in total. The quantitative estimate of drug-likeness (QED) is 0.859. The first kappa shape index (κ1) is 14.7. The molecule has 2 aromatic rings. The molecule has 112 valence electrons. The van der Waals surface area contributed by atoms with E-state index >= 15 is 0 Å². The summed E-state index contributed by atoms with van der Waals surface area (Å²) in [5.74, 6) is 0.885. The van der Waals surface area contributed by atoms with Crippen LogP contribution in [0.1, 0.15) is 42.7 Å². The molecular formula is C18H24N2S. The number of aromatic nitrogens is 1. The van der Waals surface area contributed by atoms with Gasteiger partial charge in [0.15, 0.2) is 0 Å². The van der Waals surface area contributed by atoms with Gasteiger partial charge in [0.25, 0.3) is 0 Å². The minimum Gasteiger partial charge on any atom is -0.310 e. The monoisotopic (exact) mass is 300 g/mol. The van der Waals surface area contributed by atoms with E-state index in [1.807, 2.05) is 6.20 Å². The molecule has 0 atom stereocenters. The fourth-order valence-corrected chi connectivity index (χ4v) is 3.91. The summed E-state index contributed by atoms with van der Waals surface area (Å²) < 4.78 is 0. The zero-order chi connectivity index (χ0) is 14.5. The van der Waals surface area contributed by atoms with E-state index < -0.39 is 0 Å². The van der Waals surface area contributed by atoms with Gasteiger partial charge in [-0.3, -0.25) is 0 Å². The molecule has 1 heterocycles. The van der Waals surface area contributed by atoms with Crippen molar-refractivity contribution in [3.63, 3.8) is 0 Å². The number of aryl methyl sites for hydroxylation is 1. The molecule has 0 spiro atoms. The van der Waals surface area contributed by atoms with Gasteiger partial charge >= 0.3 is 0 Å². The molecule has 0 aliphatic heterocycles. The van der Waals surface area contributed by atoms with Gasteiger partial charge in [0.05, 0.1) is 4.88 Å². The Morgan fingerprint density at radius 3 is 2.67 bits per heavy atom. The second-order valence-corrected chi connectivity index (χ2v) is 7.23. The molecule has 3 heteroatoms. The van der Waals surface area contributed by atoms with Crippen LogP contribution in [0.5, 0.6) is 0 Å². The van der Waals surface area contributed by atoms with Crippen molar-refractivity contribution in [1.82, 2.24) is 10.3 Å². The summed E-state index contributed by atoms with van der Waals surface area (Å²) in [6.07, 6.45) is 9.08. The molecular weight excluding hydrogens is 276 g/mol. The first-order valence-corrected chi connectivity index (χ1v) is 8.85. The first-order chi connectivity index (χ1) is 10.3. The third-order valence-electron chi connectivity index (χ3n) is 4.32. The summed E-state index contributed by atoms with van der Waals surface area (Å²) in [6, 6.07) is 8.69. The number of rotatable bonds is 5. The van der Waals surface area contributed by atoms with Crippen molar-refractivity contribution in [2.24, 2.45) is 5.92 Å². The van der Waals surface area contributed by atoms with E-state index in [4.69, 9.17) is 0 Å². The molecule has 1 aromatic heterocycles. The summed E-state index contributed by atoms with van der Waals surface area (Å²) in [7, 11) is 0. The Hall–Kier alpha value is -1.19. The molecule has 0 unspecified atom stereocenters. The smallest absolute Gasteiger partial charge is 0.107 e. The summed E-state index contributed by atoms with van der Waals surface area (Å²) in [5.41, 5.74) is 2.58. The van der Waals surface area contributed by atoms with Gasteiger partial charge in [0, 0.05) is 12.7 Å². The van der Waals surface area contributed by atoms with Crippen molar-refractivity contribution in [2.75, 3.05) is 6.54 Å². The highest BCUT2D eigenvalue weighted by atomic mass is 32.1. The Bertz CT molecular complexity index is 553. The standard InChI is InChI=1S/C18H24N2S/c1-14-7-9-16(10-8-14)17-12-20-18(21-17)13-19-11-15-5-3-2-4-6-15/h7-10,12,15,19H,2-6,11,13H2,1H3. The highest BCUT2D eigenvalue weighted by Crippen LogP contribution is 2.26. The van der Waals surface area contributed by atoms with Crippen molar-refractivity contribution < 1.29 is 0 Å². The van der Waals surface area contributed by atoms with Crippen molar-refractivity contribution in [3.8, 4) is 10.4 Å². The summed E-state index contributed by atoms with van der Waals surface area (Å²) in [5, 5.41) is 4.79. The van der Waals surface area contributed by atoms with Gasteiger partial charge in [-0.25, -0.2) is 4.98 Å². The lowest BCUT2D eigenvalue weighted by molar-refractivity contribution is 0.342. The van der Waals surface area contributed by atoms with Crippen molar-refractivity contribution in [3.05, 3.63) is 41.0 Å². The molecule has 0 saturated heterocycles. The van der Waals surface area contributed by atoms with E-state index in [9.17, 15) is 0 Å². The van der Waals surface area contributed by atoms with Gasteiger partial charge in [-0.1, -0.05) is 49.1 Å². The molecule has 2 nitrogen and oxygen atoms in total. The minimum absolute atomic E-state index is 0.885. The normalized spacial score (nSPS) is 16.2. The van der Waals surface area contributed by atoms with Crippen molar-refractivity contribution >= 4 is 11.3 Å². The number of nitrogens with zero attached hydrogens (tertiary/aromatic N) is 1. The molecule has 1 aromatic carbocycles. The van der Waals surface area contributed by atoms with Crippen LogP contribution in [0.2, 0.25) is 0 Å². The predicted molar refractivity (Wildman–Crippen MR) is 90.6 cm³/mol. The molecule has 1 aliphatic carbocycles. The lowest BCUT2D eigenvalue weighted by Crippen LogP contribution is -2.24. The highest BCUT2D eigenvalue weighted by molar-refractivity contribution is 7.15. The van der Waals surface area contributed by atoms with Crippen LogP contribution in [0.4, 0.5) is 0 Å². The third kappa shape index (κ3) is 4.14. The Morgan fingerprint density at radius 2 is 1.90 bits per heavy atom. The van der Waals surface area contributed by atoms with E-state index in [1.165, 1.54) is 53.1 Å². The average Bonchev–Trinajstić information content (AvgIpc) is 2.98. The van der Waals surface area contributed by atoms with Crippen LogP contribution in [0.25, 0.3) is 10.4 Å². The Morgan fingerprint density at radius 1 is 1.14 bits per heavy atom. The Kier molecular flexibility index (Phi) is 5.04. The molecule has 0 amide bonds.